The second kappa shape index (κ2) is 10.7. The summed E-state index contributed by atoms with van der Waals surface area (Å²) in [5.74, 6) is 2.83. The Labute approximate surface area is 188 Å². The predicted molar refractivity (Wildman–Crippen MR) is 124 cm³/mol. The van der Waals surface area contributed by atoms with Crippen LogP contribution in [0.2, 0.25) is 0 Å². The molecule has 0 aliphatic heterocycles. The molecule has 32 heavy (non-hydrogen) atoms. The fourth-order valence-electron chi connectivity index (χ4n) is 3.97. The van der Waals surface area contributed by atoms with Gasteiger partial charge in [0, 0.05) is 29.7 Å². The molecular formula is C24H30N8. The number of pyridine rings is 1. The molecule has 1 unspecified atom stereocenters. The van der Waals surface area contributed by atoms with Crippen LogP contribution in [0.5, 0.6) is 0 Å². The van der Waals surface area contributed by atoms with Gasteiger partial charge in [0.2, 0.25) is 5.82 Å². The first-order chi connectivity index (χ1) is 15.8. The van der Waals surface area contributed by atoms with Crippen LogP contribution in [0.4, 0.5) is 0 Å². The molecule has 0 spiro atoms. The highest BCUT2D eigenvalue weighted by Crippen LogP contribution is 2.28. The summed E-state index contributed by atoms with van der Waals surface area (Å²) >= 11 is 0. The summed E-state index contributed by atoms with van der Waals surface area (Å²) in [4.78, 5) is 9.33. The highest BCUT2D eigenvalue weighted by Gasteiger charge is 2.16. The highest BCUT2D eigenvalue weighted by molar-refractivity contribution is 5.76. The third-order valence-corrected chi connectivity index (χ3v) is 5.81. The first-order valence-electron chi connectivity index (χ1n) is 11.5. The number of unbranched alkanes of at least 4 members (excludes halogenated alkanes) is 3. The molecule has 0 aliphatic carbocycles. The van der Waals surface area contributed by atoms with Crippen LogP contribution >= 0.6 is 0 Å². The number of H-pyrrole nitrogens is 2. The summed E-state index contributed by atoms with van der Waals surface area (Å²) in [6, 6.07) is 12.2. The van der Waals surface area contributed by atoms with E-state index < -0.39 is 0 Å². The standard InChI is InChI=1S/C24H30N8/c1-3-5-6-7-9-18(4-2)23-26-21(27-28-23)16-17-11-13-19(14-12-17)22-20(10-8-15-25-22)24-29-31-32-30-24/h8,10-15,18H,3-7,9,16H2,1-2H3,(H,26,27,28)(H,29,30,31,32). The molecule has 3 aromatic heterocycles. The molecule has 8 nitrogen and oxygen atoms in total. The Hall–Kier alpha value is -3.42. The van der Waals surface area contributed by atoms with Crippen LogP contribution in [0, 0.1) is 0 Å². The van der Waals surface area contributed by atoms with Crippen molar-refractivity contribution >= 4 is 0 Å². The van der Waals surface area contributed by atoms with Gasteiger partial charge in [0.05, 0.1) is 5.69 Å². The molecule has 0 amide bonds. The van der Waals surface area contributed by atoms with Crippen molar-refractivity contribution in [3.8, 4) is 22.6 Å². The minimum atomic E-state index is 0.437. The molecule has 0 fully saturated rings. The van der Waals surface area contributed by atoms with Gasteiger partial charge in [-0.3, -0.25) is 10.1 Å². The largest absolute Gasteiger partial charge is 0.263 e. The predicted octanol–water partition coefficient (Wildman–Crippen LogP) is 5.10. The average molecular weight is 431 g/mol. The molecular weight excluding hydrogens is 400 g/mol. The van der Waals surface area contributed by atoms with Gasteiger partial charge < -0.3 is 0 Å². The molecule has 2 N–H and O–H groups in total. The van der Waals surface area contributed by atoms with Crippen LogP contribution < -0.4 is 0 Å². The fraction of sp³-hybridized carbons (Fsp3) is 0.417. The summed E-state index contributed by atoms with van der Waals surface area (Å²) in [5, 5.41) is 22.0. The quantitative estimate of drug-likeness (QED) is 0.320. The highest BCUT2D eigenvalue weighted by atomic mass is 15.5. The zero-order valence-corrected chi connectivity index (χ0v) is 18.8. The van der Waals surface area contributed by atoms with Gasteiger partial charge in [-0.2, -0.15) is 10.3 Å². The zero-order chi connectivity index (χ0) is 22.2. The molecule has 1 aromatic carbocycles. The Morgan fingerprint density at radius 3 is 2.59 bits per heavy atom. The van der Waals surface area contributed by atoms with Crippen molar-refractivity contribution in [3.63, 3.8) is 0 Å². The molecule has 0 radical (unpaired) electrons. The summed E-state index contributed by atoms with van der Waals surface area (Å²) in [7, 11) is 0. The third-order valence-electron chi connectivity index (χ3n) is 5.81. The minimum absolute atomic E-state index is 0.437. The van der Waals surface area contributed by atoms with E-state index in [0.29, 0.717) is 11.7 Å². The first kappa shape index (κ1) is 21.8. The lowest BCUT2D eigenvalue weighted by Crippen LogP contribution is -2.00. The van der Waals surface area contributed by atoms with Crippen molar-refractivity contribution in [2.45, 2.75) is 64.7 Å². The average Bonchev–Trinajstić information content (AvgIpc) is 3.53. The normalized spacial score (nSPS) is 12.2. The van der Waals surface area contributed by atoms with Crippen molar-refractivity contribution in [1.82, 2.24) is 40.8 Å². The van der Waals surface area contributed by atoms with Gasteiger partial charge >= 0.3 is 0 Å². The van der Waals surface area contributed by atoms with Gasteiger partial charge in [0.15, 0.2) is 5.82 Å². The van der Waals surface area contributed by atoms with E-state index >= 15 is 0 Å². The van der Waals surface area contributed by atoms with Gasteiger partial charge in [-0.1, -0.05) is 63.8 Å². The van der Waals surface area contributed by atoms with E-state index in [1.54, 1.807) is 6.20 Å². The Balaban J connectivity index is 1.43. The Bertz CT molecular complexity index is 1090. The van der Waals surface area contributed by atoms with Gasteiger partial charge in [-0.05, 0) is 35.8 Å². The third kappa shape index (κ3) is 5.25. The van der Waals surface area contributed by atoms with E-state index in [-0.39, 0.29) is 0 Å². The van der Waals surface area contributed by atoms with Crippen LogP contribution in [0.3, 0.4) is 0 Å². The number of hydrogen-bond acceptors (Lipinski definition) is 6. The lowest BCUT2D eigenvalue weighted by atomic mass is 9.97. The zero-order valence-electron chi connectivity index (χ0n) is 18.8. The smallest absolute Gasteiger partial charge is 0.206 e. The maximum Gasteiger partial charge on any atom is 0.206 e. The SMILES string of the molecule is CCCCCCC(CC)c1n[nH]c(Cc2ccc(-c3ncccc3-c3nn[nH]n3)cc2)n1. The number of nitrogens with zero attached hydrogens (tertiary/aromatic N) is 6. The van der Waals surface area contributed by atoms with E-state index in [1.807, 2.05) is 12.1 Å². The van der Waals surface area contributed by atoms with E-state index in [0.717, 1.165) is 47.7 Å². The molecule has 0 aliphatic rings. The number of benzene rings is 1. The lowest BCUT2D eigenvalue weighted by molar-refractivity contribution is 0.523. The molecule has 3 heterocycles. The number of rotatable bonds is 11. The Kier molecular flexibility index (Phi) is 7.32. The van der Waals surface area contributed by atoms with E-state index in [1.165, 1.54) is 31.2 Å². The summed E-state index contributed by atoms with van der Waals surface area (Å²) in [6.07, 6.45) is 9.84. The Morgan fingerprint density at radius 2 is 1.84 bits per heavy atom. The number of tetrazole rings is 1. The molecule has 0 bridgehead atoms. The number of aromatic amines is 2. The molecule has 1 atom stereocenters. The summed E-state index contributed by atoms with van der Waals surface area (Å²) in [6.45, 7) is 4.47. The molecule has 4 rings (SSSR count). The van der Waals surface area contributed by atoms with E-state index in [2.05, 4.69) is 73.9 Å². The lowest BCUT2D eigenvalue weighted by Gasteiger charge is -2.10. The van der Waals surface area contributed by atoms with Crippen LogP contribution in [-0.4, -0.2) is 40.8 Å². The van der Waals surface area contributed by atoms with Gasteiger partial charge in [0.1, 0.15) is 5.82 Å². The van der Waals surface area contributed by atoms with E-state index in [4.69, 9.17) is 4.98 Å². The summed E-state index contributed by atoms with van der Waals surface area (Å²) < 4.78 is 0. The maximum absolute atomic E-state index is 4.80. The van der Waals surface area contributed by atoms with Gasteiger partial charge in [-0.25, -0.2) is 4.98 Å². The molecule has 8 heteroatoms. The second-order valence-corrected chi connectivity index (χ2v) is 8.10. The van der Waals surface area contributed by atoms with Crippen LogP contribution in [-0.2, 0) is 6.42 Å². The van der Waals surface area contributed by atoms with Crippen LogP contribution in [0.1, 0.15) is 75.5 Å². The minimum Gasteiger partial charge on any atom is -0.263 e. The van der Waals surface area contributed by atoms with E-state index in [9.17, 15) is 0 Å². The molecule has 0 saturated heterocycles. The number of hydrogen-bond donors (Lipinski definition) is 2. The van der Waals surface area contributed by atoms with Gasteiger partial charge in [-0.15, -0.1) is 10.2 Å². The van der Waals surface area contributed by atoms with Crippen molar-refractivity contribution in [1.29, 1.82) is 0 Å². The van der Waals surface area contributed by atoms with Crippen LogP contribution in [0.25, 0.3) is 22.6 Å². The van der Waals surface area contributed by atoms with Gasteiger partial charge in [0.25, 0.3) is 0 Å². The molecule has 4 aromatic rings. The van der Waals surface area contributed by atoms with Crippen molar-refractivity contribution < 1.29 is 0 Å². The molecule has 166 valence electrons. The fourth-order valence-corrected chi connectivity index (χ4v) is 3.97. The Morgan fingerprint density at radius 1 is 0.969 bits per heavy atom. The number of aromatic nitrogens is 8. The van der Waals surface area contributed by atoms with Crippen molar-refractivity contribution in [2.24, 2.45) is 0 Å². The van der Waals surface area contributed by atoms with Crippen molar-refractivity contribution in [3.05, 3.63) is 59.8 Å². The molecule has 0 saturated carbocycles. The van der Waals surface area contributed by atoms with Crippen molar-refractivity contribution in [2.75, 3.05) is 0 Å². The maximum atomic E-state index is 4.80. The summed E-state index contributed by atoms with van der Waals surface area (Å²) in [5.41, 5.74) is 3.85. The second-order valence-electron chi connectivity index (χ2n) is 8.10. The first-order valence-corrected chi connectivity index (χ1v) is 11.5. The topological polar surface area (TPSA) is 109 Å². The monoisotopic (exact) mass is 430 g/mol. The number of nitrogens with one attached hydrogen (secondary N) is 2. The van der Waals surface area contributed by atoms with Crippen LogP contribution in [0.15, 0.2) is 42.6 Å².